The van der Waals surface area contributed by atoms with E-state index in [1.807, 2.05) is 66.7 Å². The molecule has 0 bridgehead atoms. The van der Waals surface area contributed by atoms with Gasteiger partial charge in [-0.1, -0.05) is 30.3 Å². The fourth-order valence-electron chi connectivity index (χ4n) is 2.45. The van der Waals surface area contributed by atoms with Gasteiger partial charge in [-0.15, -0.1) is 0 Å². The van der Waals surface area contributed by atoms with Gasteiger partial charge in [-0.3, -0.25) is 4.98 Å². The molecule has 0 radical (unpaired) electrons. The summed E-state index contributed by atoms with van der Waals surface area (Å²) in [5.74, 6) is 0.830. The first-order valence-electron chi connectivity index (χ1n) is 8.15. The van der Waals surface area contributed by atoms with Crippen LogP contribution in [0.5, 0.6) is 5.75 Å². The first-order chi connectivity index (χ1) is 12.3. The number of hydrogen-bond acceptors (Lipinski definition) is 4. The third kappa shape index (κ3) is 5.17. The molecule has 0 aliphatic carbocycles. The number of nitrogens with one attached hydrogen (secondary N) is 1. The zero-order chi connectivity index (χ0) is 17.3. The Balaban J connectivity index is 1.46. The first kappa shape index (κ1) is 16.7. The summed E-state index contributed by atoms with van der Waals surface area (Å²) in [6.45, 7) is 1.96. The van der Waals surface area contributed by atoms with Crippen LogP contribution in [0.25, 0.3) is 0 Å². The molecule has 1 aromatic heterocycles. The third-order valence-electron chi connectivity index (χ3n) is 3.75. The molecule has 0 unspecified atom stereocenters. The van der Waals surface area contributed by atoms with Crippen LogP contribution in [0.4, 0.5) is 0 Å². The molecule has 3 aromatic rings. The lowest BCUT2D eigenvalue weighted by atomic mass is 10.1. The van der Waals surface area contributed by atoms with Gasteiger partial charge in [-0.05, 0) is 47.5 Å². The Bertz CT molecular complexity index is 839. The monoisotopic (exact) mass is 329 g/mol. The van der Waals surface area contributed by atoms with E-state index >= 15 is 0 Å². The molecular formula is C21H19N3O. The van der Waals surface area contributed by atoms with E-state index in [0.717, 1.165) is 30.1 Å². The second-order valence-electron chi connectivity index (χ2n) is 5.67. The quantitative estimate of drug-likeness (QED) is 0.716. The van der Waals surface area contributed by atoms with E-state index in [1.165, 1.54) is 5.56 Å². The molecule has 0 amide bonds. The predicted molar refractivity (Wildman–Crippen MR) is 96.7 cm³/mol. The average Bonchev–Trinajstić information content (AvgIpc) is 2.68. The maximum atomic E-state index is 8.92. The molecule has 2 aromatic carbocycles. The van der Waals surface area contributed by atoms with Crippen LogP contribution in [0.3, 0.4) is 0 Å². The molecule has 0 fully saturated rings. The van der Waals surface area contributed by atoms with Crippen LogP contribution in [-0.4, -0.2) is 4.98 Å². The first-order valence-corrected chi connectivity index (χ1v) is 8.15. The largest absolute Gasteiger partial charge is 0.487 e. The Labute approximate surface area is 147 Å². The molecule has 124 valence electrons. The molecule has 0 spiro atoms. The van der Waals surface area contributed by atoms with Crippen molar-refractivity contribution in [2.45, 2.75) is 19.7 Å². The van der Waals surface area contributed by atoms with E-state index in [9.17, 15) is 0 Å². The summed E-state index contributed by atoms with van der Waals surface area (Å²) in [7, 11) is 0. The van der Waals surface area contributed by atoms with E-state index in [-0.39, 0.29) is 0 Å². The normalized spacial score (nSPS) is 10.2. The Morgan fingerprint density at radius 3 is 2.52 bits per heavy atom. The van der Waals surface area contributed by atoms with Crippen LogP contribution >= 0.6 is 0 Å². The number of ether oxygens (including phenoxy) is 1. The van der Waals surface area contributed by atoms with Gasteiger partial charge in [0.2, 0.25) is 0 Å². The fraction of sp³-hybridized carbons (Fsp3) is 0.143. The zero-order valence-corrected chi connectivity index (χ0v) is 13.9. The fourth-order valence-corrected chi connectivity index (χ4v) is 2.45. The van der Waals surface area contributed by atoms with Crippen molar-refractivity contribution in [3.05, 3.63) is 95.3 Å². The SMILES string of the molecule is N#Cc1cccc(CNCc2ccc(OCc3ccccn3)cc2)c1. The van der Waals surface area contributed by atoms with Crippen molar-refractivity contribution in [1.82, 2.24) is 10.3 Å². The van der Waals surface area contributed by atoms with Gasteiger partial charge >= 0.3 is 0 Å². The molecular weight excluding hydrogens is 310 g/mol. The van der Waals surface area contributed by atoms with Crippen molar-refractivity contribution in [3.63, 3.8) is 0 Å². The highest BCUT2D eigenvalue weighted by molar-refractivity contribution is 5.33. The zero-order valence-electron chi connectivity index (χ0n) is 13.9. The minimum absolute atomic E-state index is 0.466. The predicted octanol–water partition coefficient (Wildman–Crippen LogP) is 3.82. The lowest BCUT2D eigenvalue weighted by Crippen LogP contribution is -2.12. The van der Waals surface area contributed by atoms with Gasteiger partial charge in [0, 0.05) is 19.3 Å². The lowest BCUT2D eigenvalue weighted by molar-refractivity contribution is 0.301. The molecule has 0 saturated heterocycles. The van der Waals surface area contributed by atoms with Gasteiger partial charge in [0.15, 0.2) is 0 Å². The number of hydrogen-bond donors (Lipinski definition) is 1. The van der Waals surface area contributed by atoms with Crippen LogP contribution in [0.2, 0.25) is 0 Å². The van der Waals surface area contributed by atoms with Crippen LogP contribution in [0.1, 0.15) is 22.4 Å². The molecule has 0 aliphatic heterocycles. The minimum atomic E-state index is 0.466. The van der Waals surface area contributed by atoms with Gasteiger partial charge in [0.05, 0.1) is 17.3 Å². The Morgan fingerprint density at radius 2 is 1.76 bits per heavy atom. The van der Waals surface area contributed by atoms with Crippen molar-refractivity contribution < 1.29 is 4.74 Å². The van der Waals surface area contributed by atoms with Crippen molar-refractivity contribution in [2.24, 2.45) is 0 Å². The highest BCUT2D eigenvalue weighted by atomic mass is 16.5. The Morgan fingerprint density at radius 1 is 0.920 bits per heavy atom. The maximum Gasteiger partial charge on any atom is 0.130 e. The van der Waals surface area contributed by atoms with Gasteiger partial charge in [0.1, 0.15) is 12.4 Å². The van der Waals surface area contributed by atoms with Crippen LogP contribution in [-0.2, 0) is 19.7 Å². The summed E-state index contributed by atoms with van der Waals surface area (Å²) in [5.41, 5.74) is 3.89. The number of pyridine rings is 1. The lowest BCUT2D eigenvalue weighted by Gasteiger charge is -2.08. The number of nitriles is 1. The van der Waals surface area contributed by atoms with Crippen molar-refractivity contribution in [2.75, 3.05) is 0 Å². The Hall–Kier alpha value is -3.16. The van der Waals surface area contributed by atoms with Crippen LogP contribution < -0.4 is 10.1 Å². The van der Waals surface area contributed by atoms with E-state index in [4.69, 9.17) is 10.00 Å². The van der Waals surface area contributed by atoms with Crippen molar-refractivity contribution in [1.29, 1.82) is 5.26 Å². The molecule has 0 atom stereocenters. The molecule has 1 heterocycles. The Kier molecular flexibility index (Phi) is 5.76. The van der Waals surface area contributed by atoms with Crippen molar-refractivity contribution in [3.8, 4) is 11.8 Å². The van der Waals surface area contributed by atoms with E-state index < -0.39 is 0 Å². The number of nitrogens with zero attached hydrogens (tertiary/aromatic N) is 2. The highest BCUT2D eigenvalue weighted by Crippen LogP contribution is 2.14. The van der Waals surface area contributed by atoms with Crippen molar-refractivity contribution >= 4 is 0 Å². The smallest absolute Gasteiger partial charge is 0.130 e. The summed E-state index contributed by atoms with van der Waals surface area (Å²) in [4.78, 5) is 4.24. The summed E-state index contributed by atoms with van der Waals surface area (Å²) in [6.07, 6.45) is 1.76. The summed E-state index contributed by atoms with van der Waals surface area (Å²) in [6, 6.07) is 23.6. The summed E-state index contributed by atoms with van der Waals surface area (Å²) >= 11 is 0. The van der Waals surface area contributed by atoms with Crippen LogP contribution in [0, 0.1) is 11.3 Å². The van der Waals surface area contributed by atoms with E-state index in [0.29, 0.717) is 12.2 Å². The molecule has 1 N–H and O–H groups in total. The molecule has 0 aliphatic rings. The molecule has 0 saturated carbocycles. The second kappa shape index (κ2) is 8.62. The van der Waals surface area contributed by atoms with E-state index in [2.05, 4.69) is 16.4 Å². The minimum Gasteiger partial charge on any atom is -0.487 e. The van der Waals surface area contributed by atoms with Crippen LogP contribution in [0.15, 0.2) is 72.9 Å². The standard InChI is InChI=1S/C21H19N3O/c22-13-18-4-3-5-19(12-18)15-23-14-17-7-9-21(10-8-17)25-16-20-6-1-2-11-24-20/h1-12,23H,14-16H2. The number of benzene rings is 2. The van der Waals surface area contributed by atoms with Gasteiger partial charge < -0.3 is 10.1 Å². The van der Waals surface area contributed by atoms with Gasteiger partial charge in [-0.25, -0.2) is 0 Å². The topological polar surface area (TPSA) is 57.9 Å². The van der Waals surface area contributed by atoms with E-state index in [1.54, 1.807) is 6.20 Å². The maximum absolute atomic E-state index is 8.92. The summed E-state index contributed by atoms with van der Waals surface area (Å²) in [5, 5.41) is 12.3. The molecule has 4 heteroatoms. The molecule has 3 rings (SSSR count). The van der Waals surface area contributed by atoms with Gasteiger partial charge in [0.25, 0.3) is 0 Å². The second-order valence-corrected chi connectivity index (χ2v) is 5.67. The highest BCUT2D eigenvalue weighted by Gasteiger charge is 1.99. The number of aromatic nitrogens is 1. The van der Waals surface area contributed by atoms with Gasteiger partial charge in [-0.2, -0.15) is 5.26 Å². The molecule has 4 nitrogen and oxygen atoms in total. The third-order valence-corrected chi connectivity index (χ3v) is 3.75. The summed E-state index contributed by atoms with van der Waals surface area (Å²) < 4.78 is 5.73. The number of rotatable bonds is 7. The molecule has 25 heavy (non-hydrogen) atoms. The average molecular weight is 329 g/mol.